The Balaban J connectivity index is 1.53. The number of ether oxygens (including phenoxy) is 1. The number of hydrogen-bond acceptors (Lipinski definition) is 5. The lowest BCUT2D eigenvalue weighted by Crippen LogP contribution is -2.49. The first-order valence-electron chi connectivity index (χ1n) is 8.47. The van der Waals surface area contributed by atoms with Gasteiger partial charge in [0.05, 0.1) is 6.42 Å². The standard InChI is InChI=1S/C17H20F3N5O2/c1-23-12-21-22-16(23)25-7-5-24(6-8-25)15(26)10-13-3-2-4-14(9-13)27-11-17(18,19)20/h2-4,9,12H,5-8,10-11H2,1H3. The zero-order valence-corrected chi connectivity index (χ0v) is 14.8. The van der Waals surface area contributed by atoms with E-state index >= 15 is 0 Å². The summed E-state index contributed by atoms with van der Waals surface area (Å²) in [5, 5.41) is 7.92. The van der Waals surface area contributed by atoms with Gasteiger partial charge in [-0.15, -0.1) is 10.2 Å². The van der Waals surface area contributed by atoms with Gasteiger partial charge in [-0.25, -0.2) is 0 Å². The molecule has 0 atom stereocenters. The second-order valence-corrected chi connectivity index (χ2v) is 6.34. The van der Waals surface area contributed by atoms with Crippen LogP contribution in [0.2, 0.25) is 0 Å². The lowest BCUT2D eigenvalue weighted by molar-refractivity contribution is -0.153. The lowest BCUT2D eigenvalue weighted by Gasteiger charge is -2.35. The van der Waals surface area contributed by atoms with Crippen molar-refractivity contribution in [2.75, 3.05) is 37.7 Å². The molecule has 0 aliphatic carbocycles. The molecule has 1 aromatic heterocycles. The second kappa shape index (κ2) is 7.85. The fourth-order valence-corrected chi connectivity index (χ4v) is 2.92. The fraction of sp³-hybridized carbons (Fsp3) is 0.471. The summed E-state index contributed by atoms with van der Waals surface area (Å²) in [6.45, 7) is 1.04. The van der Waals surface area contributed by atoms with Gasteiger partial charge < -0.3 is 19.1 Å². The van der Waals surface area contributed by atoms with Gasteiger partial charge in [0.25, 0.3) is 0 Å². The maximum atomic E-state index is 12.5. The summed E-state index contributed by atoms with van der Waals surface area (Å²) in [6, 6.07) is 6.20. The van der Waals surface area contributed by atoms with Crippen LogP contribution in [0.3, 0.4) is 0 Å². The average Bonchev–Trinajstić information content (AvgIpc) is 3.06. The Kier molecular flexibility index (Phi) is 5.52. The maximum absolute atomic E-state index is 12.5. The molecular formula is C17H20F3N5O2. The molecule has 0 spiro atoms. The molecular weight excluding hydrogens is 363 g/mol. The number of rotatable bonds is 5. The van der Waals surface area contributed by atoms with Crippen molar-refractivity contribution >= 4 is 11.9 Å². The van der Waals surface area contributed by atoms with Crippen LogP contribution in [0.15, 0.2) is 30.6 Å². The SMILES string of the molecule is Cn1cnnc1N1CCN(C(=O)Cc2cccc(OCC(F)(F)F)c2)CC1. The van der Waals surface area contributed by atoms with Crippen molar-refractivity contribution in [2.24, 2.45) is 7.05 Å². The molecule has 0 bridgehead atoms. The van der Waals surface area contributed by atoms with Crippen LogP contribution in [0, 0.1) is 0 Å². The number of halogens is 3. The molecule has 27 heavy (non-hydrogen) atoms. The number of aromatic nitrogens is 3. The van der Waals surface area contributed by atoms with Gasteiger partial charge in [-0.3, -0.25) is 4.79 Å². The fourth-order valence-electron chi connectivity index (χ4n) is 2.92. The van der Waals surface area contributed by atoms with Crippen LogP contribution in [0.5, 0.6) is 5.75 Å². The van der Waals surface area contributed by atoms with Crippen LogP contribution in [-0.2, 0) is 18.3 Å². The molecule has 1 fully saturated rings. The monoisotopic (exact) mass is 383 g/mol. The second-order valence-electron chi connectivity index (χ2n) is 6.34. The van der Waals surface area contributed by atoms with Crippen molar-refractivity contribution < 1.29 is 22.7 Å². The van der Waals surface area contributed by atoms with E-state index in [9.17, 15) is 18.0 Å². The first-order chi connectivity index (χ1) is 12.8. The highest BCUT2D eigenvalue weighted by molar-refractivity contribution is 5.79. The highest BCUT2D eigenvalue weighted by Gasteiger charge is 2.28. The van der Waals surface area contributed by atoms with E-state index in [1.54, 1.807) is 23.4 Å². The average molecular weight is 383 g/mol. The topological polar surface area (TPSA) is 63.5 Å². The Labute approximate surface area is 154 Å². The Morgan fingerprint density at radius 1 is 1.22 bits per heavy atom. The van der Waals surface area contributed by atoms with Crippen LogP contribution in [-0.4, -0.2) is 64.5 Å². The van der Waals surface area contributed by atoms with E-state index in [2.05, 4.69) is 15.1 Å². The van der Waals surface area contributed by atoms with Crippen molar-refractivity contribution in [1.29, 1.82) is 0 Å². The highest BCUT2D eigenvalue weighted by atomic mass is 19.4. The van der Waals surface area contributed by atoms with Crippen molar-refractivity contribution in [3.05, 3.63) is 36.2 Å². The van der Waals surface area contributed by atoms with E-state index in [4.69, 9.17) is 4.74 Å². The third kappa shape index (κ3) is 5.11. The van der Waals surface area contributed by atoms with Crippen LogP contribution < -0.4 is 9.64 Å². The number of nitrogens with zero attached hydrogens (tertiary/aromatic N) is 5. The minimum Gasteiger partial charge on any atom is -0.484 e. The Morgan fingerprint density at radius 3 is 2.59 bits per heavy atom. The summed E-state index contributed by atoms with van der Waals surface area (Å²) in [5.41, 5.74) is 0.621. The van der Waals surface area contributed by atoms with Crippen molar-refractivity contribution in [3.8, 4) is 5.75 Å². The third-order valence-electron chi connectivity index (χ3n) is 4.26. The van der Waals surface area contributed by atoms with Gasteiger partial charge in [0.15, 0.2) is 6.61 Å². The zero-order valence-electron chi connectivity index (χ0n) is 14.8. The molecule has 2 aromatic rings. The summed E-state index contributed by atoms with van der Waals surface area (Å²) >= 11 is 0. The number of carbonyl (C=O) groups excluding carboxylic acids is 1. The van der Waals surface area contributed by atoms with E-state index in [1.807, 2.05) is 11.6 Å². The molecule has 1 amide bonds. The molecule has 146 valence electrons. The first kappa shape index (κ1) is 19.0. The molecule has 1 aliphatic rings. The summed E-state index contributed by atoms with van der Waals surface area (Å²) in [7, 11) is 1.86. The Bertz CT molecular complexity index is 785. The van der Waals surface area contributed by atoms with Gasteiger partial charge in [-0.05, 0) is 17.7 Å². The first-order valence-corrected chi connectivity index (χ1v) is 8.47. The van der Waals surface area contributed by atoms with Crippen molar-refractivity contribution in [1.82, 2.24) is 19.7 Å². The molecule has 7 nitrogen and oxygen atoms in total. The predicted octanol–water partition coefficient (Wildman–Crippen LogP) is 1.65. The number of hydrogen-bond donors (Lipinski definition) is 0. The number of anilines is 1. The van der Waals surface area contributed by atoms with Gasteiger partial charge in [0.2, 0.25) is 11.9 Å². The minimum absolute atomic E-state index is 0.0689. The molecule has 2 heterocycles. The molecule has 0 saturated carbocycles. The number of amides is 1. The van der Waals surface area contributed by atoms with E-state index in [1.165, 1.54) is 12.1 Å². The molecule has 0 unspecified atom stereocenters. The quantitative estimate of drug-likeness (QED) is 0.786. The lowest BCUT2D eigenvalue weighted by atomic mass is 10.1. The van der Waals surface area contributed by atoms with Crippen molar-refractivity contribution in [3.63, 3.8) is 0 Å². The summed E-state index contributed by atoms with van der Waals surface area (Å²) in [5.74, 6) is 0.793. The van der Waals surface area contributed by atoms with Gasteiger partial charge >= 0.3 is 6.18 Å². The molecule has 1 saturated heterocycles. The minimum atomic E-state index is -4.39. The number of piperazine rings is 1. The molecule has 3 rings (SSSR count). The van der Waals surface area contributed by atoms with Gasteiger partial charge in [0.1, 0.15) is 12.1 Å². The van der Waals surface area contributed by atoms with Crippen molar-refractivity contribution in [2.45, 2.75) is 12.6 Å². The smallest absolute Gasteiger partial charge is 0.422 e. The van der Waals surface area contributed by atoms with Crippen LogP contribution >= 0.6 is 0 Å². The largest absolute Gasteiger partial charge is 0.484 e. The number of alkyl halides is 3. The van der Waals surface area contributed by atoms with Gasteiger partial charge in [-0.2, -0.15) is 13.2 Å². The van der Waals surface area contributed by atoms with E-state index in [0.29, 0.717) is 31.7 Å². The number of benzene rings is 1. The van der Waals surface area contributed by atoms with Gasteiger partial charge in [-0.1, -0.05) is 12.1 Å². The molecule has 1 aromatic carbocycles. The van der Waals surface area contributed by atoms with E-state index < -0.39 is 12.8 Å². The van der Waals surface area contributed by atoms with E-state index in [-0.39, 0.29) is 18.1 Å². The Hall–Kier alpha value is -2.78. The number of carbonyl (C=O) groups is 1. The summed E-state index contributed by atoms with van der Waals surface area (Å²) in [4.78, 5) is 16.3. The summed E-state index contributed by atoms with van der Waals surface area (Å²) in [6.07, 6.45) is -2.65. The normalized spacial score (nSPS) is 15.1. The highest BCUT2D eigenvalue weighted by Crippen LogP contribution is 2.20. The van der Waals surface area contributed by atoms with E-state index in [0.717, 1.165) is 5.95 Å². The van der Waals surface area contributed by atoms with Crippen LogP contribution in [0.4, 0.5) is 19.1 Å². The zero-order chi connectivity index (χ0) is 19.4. The molecule has 10 heteroatoms. The maximum Gasteiger partial charge on any atom is 0.422 e. The molecule has 0 N–H and O–H groups in total. The van der Waals surface area contributed by atoms with Gasteiger partial charge in [0, 0.05) is 33.2 Å². The Morgan fingerprint density at radius 2 is 1.96 bits per heavy atom. The third-order valence-corrected chi connectivity index (χ3v) is 4.26. The van der Waals surface area contributed by atoms with Crippen LogP contribution in [0.1, 0.15) is 5.56 Å². The molecule has 0 radical (unpaired) electrons. The van der Waals surface area contributed by atoms with Crippen LogP contribution in [0.25, 0.3) is 0 Å². The molecule has 1 aliphatic heterocycles. The summed E-state index contributed by atoms with van der Waals surface area (Å²) < 4.78 is 43.3. The number of aryl methyl sites for hydroxylation is 1. The predicted molar refractivity (Wildman–Crippen MR) is 91.5 cm³/mol.